The summed E-state index contributed by atoms with van der Waals surface area (Å²) >= 11 is 0. The van der Waals surface area contributed by atoms with Crippen molar-refractivity contribution in [1.29, 1.82) is 0 Å². The molecule has 1 aliphatic heterocycles. The van der Waals surface area contributed by atoms with Crippen molar-refractivity contribution in [2.24, 2.45) is 5.92 Å². The van der Waals surface area contributed by atoms with Gasteiger partial charge in [-0.25, -0.2) is 4.39 Å². The third-order valence-corrected chi connectivity index (χ3v) is 3.80. The number of halogens is 1. The number of phenols is 1. The normalized spacial score (nSPS) is 16.1. The highest BCUT2D eigenvalue weighted by molar-refractivity contribution is 5.96. The van der Waals surface area contributed by atoms with Gasteiger partial charge in [0.15, 0.2) is 0 Å². The zero-order valence-electron chi connectivity index (χ0n) is 11.7. The third kappa shape index (κ3) is 3.48. The molecule has 0 atom stereocenters. The molecule has 0 aromatic heterocycles. The van der Waals surface area contributed by atoms with Gasteiger partial charge in [0.1, 0.15) is 11.6 Å². The molecule has 0 bridgehead atoms. The quantitative estimate of drug-likeness (QED) is 0.887. The molecule has 2 rings (SSSR count). The highest BCUT2D eigenvalue weighted by Crippen LogP contribution is 2.21. The average molecular weight is 280 g/mol. The molecule has 0 spiro atoms. The van der Waals surface area contributed by atoms with Gasteiger partial charge in [-0.05, 0) is 50.9 Å². The monoisotopic (exact) mass is 280 g/mol. The van der Waals surface area contributed by atoms with Crippen molar-refractivity contribution < 1.29 is 14.3 Å². The summed E-state index contributed by atoms with van der Waals surface area (Å²) in [4.78, 5) is 14.1. The number of hydrogen-bond donors (Lipinski definition) is 2. The summed E-state index contributed by atoms with van der Waals surface area (Å²) in [5, 5.41) is 13.0. The van der Waals surface area contributed by atoms with Crippen LogP contribution in [0.5, 0.6) is 5.75 Å². The lowest BCUT2D eigenvalue weighted by Crippen LogP contribution is -2.39. The van der Waals surface area contributed by atoms with Crippen LogP contribution in [0.3, 0.4) is 0 Å². The Balaban J connectivity index is 2.07. The molecule has 1 amide bonds. The number of nitrogens with one attached hydrogen (secondary N) is 1. The summed E-state index contributed by atoms with van der Waals surface area (Å²) in [7, 11) is 0. The first-order chi connectivity index (χ1) is 9.61. The summed E-state index contributed by atoms with van der Waals surface area (Å²) in [5.74, 6) is -0.578. The van der Waals surface area contributed by atoms with Gasteiger partial charge in [-0.1, -0.05) is 0 Å². The first kappa shape index (κ1) is 14.8. The number of phenolic OH excluding ortho intramolecular Hbond substituents is 1. The molecular formula is C15H21FN2O2. The summed E-state index contributed by atoms with van der Waals surface area (Å²) in [6.45, 7) is 5.16. The van der Waals surface area contributed by atoms with Crippen molar-refractivity contribution >= 4 is 5.91 Å². The molecule has 20 heavy (non-hydrogen) atoms. The van der Waals surface area contributed by atoms with Crippen LogP contribution in [-0.2, 0) is 0 Å². The van der Waals surface area contributed by atoms with Crippen molar-refractivity contribution in [3.8, 4) is 5.75 Å². The van der Waals surface area contributed by atoms with E-state index >= 15 is 0 Å². The molecule has 0 unspecified atom stereocenters. The first-order valence-corrected chi connectivity index (χ1v) is 7.10. The van der Waals surface area contributed by atoms with Crippen molar-refractivity contribution in [3.05, 3.63) is 29.6 Å². The van der Waals surface area contributed by atoms with Crippen LogP contribution in [0.1, 0.15) is 30.1 Å². The molecule has 1 aromatic rings. The van der Waals surface area contributed by atoms with E-state index in [0.717, 1.165) is 32.0 Å². The van der Waals surface area contributed by atoms with E-state index in [2.05, 4.69) is 5.32 Å². The van der Waals surface area contributed by atoms with E-state index in [1.54, 1.807) is 4.90 Å². The molecule has 1 aromatic carbocycles. The lowest BCUT2D eigenvalue weighted by atomic mass is 9.97. The summed E-state index contributed by atoms with van der Waals surface area (Å²) < 4.78 is 13.0. The number of carbonyl (C=O) groups is 1. The standard InChI is InChI=1S/C15H21FN2O2/c1-2-18(10-11-5-7-17-8-6-11)15(20)13-4-3-12(16)9-14(13)19/h3-4,9,11,17,19H,2,5-8,10H2,1H3. The van der Waals surface area contributed by atoms with Gasteiger partial charge in [0, 0.05) is 19.2 Å². The lowest BCUT2D eigenvalue weighted by Gasteiger charge is -2.29. The van der Waals surface area contributed by atoms with Crippen LogP contribution in [-0.4, -0.2) is 42.1 Å². The second-order valence-corrected chi connectivity index (χ2v) is 5.20. The first-order valence-electron chi connectivity index (χ1n) is 7.10. The van der Waals surface area contributed by atoms with Crippen LogP contribution in [0.25, 0.3) is 0 Å². The predicted molar refractivity (Wildman–Crippen MR) is 75.2 cm³/mol. The van der Waals surface area contributed by atoms with Gasteiger partial charge < -0.3 is 15.3 Å². The maximum Gasteiger partial charge on any atom is 0.257 e. The summed E-state index contributed by atoms with van der Waals surface area (Å²) in [6, 6.07) is 3.52. The Morgan fingerprint density at radius 3 is 2.75 bits per heavy atom. The molecule has 110 valence electrons. The van der Waals surface area contributed by atoms with Crippen molar-refractivity contribution in [1.82, 2.24) is 10.2 Å². The Labute approximate surface area is 118 Å². The molecule has 2 N–H and O–H groups in total. The minimum Gasteiger partial charge on any atom is -0.507 e. The third-order valence-electron chi connectivity index (χ3n) is 3.80. The Morgan fingerprint density at radius 1 is 1.45 bits per heavy atom. The van der Waals surface area contributed by atoms with Crippen LogP contribution < -0.4 is 5.32 Å². The lowest BCUT2D eigenvalue weighted by molar-refractivity contribution is 0.0723. The highest BCUT2D eigenvalue weighted by Gasteiger charge is 2.22. The molecule has 0 saturated carbocycles. The largest absolute Gasteiger partial charge is 0.507 e. The number of rotatable bonds is 4. The van der Waals surface area contributed by atoms with Crippen molar-refractivity contribution in [3.63, 3.8) is 0 Å². The van der Waals surface area contributed by atoms with Crippen molar-refractivity contribution in [2.75, 3.05) is 26.2 Å². The zero-order valence-corrected chi connectivity index (χ0v) is 11.7. The van der Waals surface area contributed by atoms with Gasteiger partial charge in [-0.2, -0.15) is 0 Å². The van der Waals surface area contributed by atoms with Crippen molar-refractivity contribution in [2.45, 2.75) is 19.8 Å². The smallest absolute Gasteiger partial charge is 0.257 e. The van der Waals surface area contributed by atoms with Gasteiger partial charge in [0.2, 0.25) is 0 Å². The molecule has 0 aliphatic carbocycles. The molecule has 0 radical (unpaired) electrons. The highest BCUT2D eigenvalue weighted by atomic mass is 19.1. The fraction of sp³-hybridized carbons (Fsp3) is 0.533. The number of hydrogen-bond acceptors (Lipinski definition) is 3. The predicted octanol–water partition coefficient (Wildman–Crippen LogP) is 1.99. The number of piperidine rings is 1. The number of carbonyl (C=O) groups excluding carboxylic acids is 1. The van der Waals surface area contributed by atoms with E-state index in [4.69, 9.17) is 0 Å². The number of benzene rings is 1. The van der Waals surface area contributed by atoms with Crippen LogP contribution in [0.15, 0.2) is 18.2 Å². The molecule has 5 heteroatoms. The average Bonchev–Trinajstić information content (AvgIpc) is 2.45. The molecule has 4 nitrogen and oxygen atoms in total. The maximum atomic E-state index is 13.0. The van der Waals surface area contributed by atoms with E-state index in [-0.39, 0.29) is 17.2 Å². The zero-order chi connectivity index (χ0) is 14.5. The number of nitrogens with zero attached hydrogens (tertiary/aromatic N) is 1. The van der Waals surface area contributed by atoms with E-state index in [9.17, 15) is 14.3 Å². The maximum absolute atomic E-state index is 13.0. The van der Waals surface area contributed by atoms with E-state index in [1.807, 2.05) is 6.92 Å². The molecular weight excluding hydrogens is 259 g/mol. The Hall–Kier alpha value is -1.62. The molecule has 1 aliphatic rings. The fourth-order valence-corrected chi connectivity index (χ4v) is 2.59. The van der Waals surface area contributed by atoms with Crippen LogP contribution in [0, 0.1) is 11.7 Å². The summed E-state index contributed by atoms with van der Waals surface area (Å²) in [6.07, 6.45) is 2.11. The van der Waals surface area contributed by atoms with Crippen LogP contribution >= 0.6 is 0 Å². The Bertz CT molecular complexity index is 473. The fourth-order valence-electron chi connectivity index (χ4n) is 2.59. The van der Waals surface area contributed by atoms with E-state index in [0.29, 0.717) is 19.0 Å². The second-order valence-electron chi connectivity index (χ2n) is 5.20. The van der Waals surface area contributed by atoms with E-state index in [1.165, 1.54) is 12.1 Å². The second kappa shape index (κ2) is 6.70. The number of amides is 1. The molecule has 1 fully saturated rings. The number of aromatic hydroxyl groups is 1. The van der Waals surface area contributed by atoms with Crippen LogP contribution in [0.4, 0.5) is 4.39 Å². The molecule has 1 saturated heterocycles. The Morgan fingerprint density at radius 2 is 2.15 bits per heavy atom. The van der Waals surface area contributed by atoms with E-state index < -0.39 is 5.82 Å². The van der Waals surface area contributed by atoms with Gasteiger partial charge in [0.25, 0.3) is 5.91 Å². The van der Waals surface area contributed by atoms with Gasteiger partial charge >= 0.3 is 0 Å². The minimum absolute atomic E-state index is 0.169. The van der Waals surface area contributed by atoms with Gasteiger partial charge in [-0.3, -0.25) is 4.79 Å². The molecule has 1 heterocycles. The summed E-state index contributed by atoms with van der Waals surface area (Å²) in [5.41, 5.74) is 0.169. The Kier molecular flexibility index (Phi) is 4.95. The van der Waals surface area contributed by atoms with Crippen LogP contribution in [0.2, 0.25) is 0 Å². The minimum atomic E-state index is -0.541. The van der Waals surface area contributed by atoms with Gasteiger partial charge in [0.05, 0.1) is 5.56 Å². The SMILES string of the molecule is CCN(CC1CCNCC1)C(=O)c1ccc(F)cc1O. The topological polar surface area (TPSA) is 52.6 Å². The van der Waals surface area contributed by atoms with Gasteiger partial charge in [-0.15, -0.1) is 0 Å².